The maximum Gasteiger partial charge on any atom is 0.231 e. The molecule has 3 rings (SSSR count). The molecule has 2 N–H and O–H groups in total. The number of benzene rings is 2. The van der Waals surface area contributed by atoms with Crippen LogP contribution in [-0.2, 0) is 6.61 Å². The van der Waals surface area contributed by atoms with Crippen molar-refractivity contribution in [2.75, 3.05) is 6.79 Å². The van der Waals surface area contributed by atoms with Crippen molar-refractivity contribution in [3.63, 3.8) is 0 Å². The molecule has 0 saturated heterocycles. The molecular formula is C15H12BrNO3S. The fraction of sp³-hybridized carbons (Fsp3) is 0.133. The Labute approximate surface area is 135 Å². The highest BCUT2D eigenvalue weighted by Gasteiger charge is 2.13. The van der Waals surface area contributed by atoms with Gasteiger partial charge in [0.25, 0.3) is 0 Å². The topological polar surface area (TPSA) is 53.7 Å². The molecule has 1 aliphatic rings. The number of fused-ring (bicyclic) bond motifs is 1. The van der Waals surface area contributed by atoms with E-state index in [1.807, 2.05) is 36.4 Å². The maximum atomic E-state index is 5.79. The van der Waals surface area contributed by atoms with E-state index in [2.05, 4.69) is 15.9 Å². The summed E-state index contributed by atoms with van der Waals surface area (Å²) >= 11 is 8.40. The van der Waals surface area contributed by atoms with Crippen LogP contribution in [0.4, 0.5) is 0 Å². The van der Waals surface area contributed by atoms with Crippen LogP contribution in [0.25, 0.3) is 0 Å². The molecule has 0 fully saturated rings. The molecule has 0 spiro atoms. The largest absolute Gasteiger partial charge is 0.488 e. The average Bonchev–Trinajstić information content (AvgIpc) is 2.93. The van der Waals surface area contributed by atoms with Crippen LogP contribution in [0.1, 0.15) is 11.1 Å². The number of thiocarbonyl (C=S) groups is 1. The smallest absolute Gasteiger partial charge is 0.231 e. The molecule has 1 heterocycles. The van der Waals surface area contributed by atoms with E-state index in [4.69, 9.17) is 32.2 Å². The minimum absolute atomic E-state index is 0.269. The van der Waals surface area contributed by atoms with Gasteiger partial charge in [-0.25, -0.2) is 0 Å². The number of hydrogen-bond donors (Lipinski definition) is 1. The lowest BCUT2D eigenvalue weighted by molar-refractivity contribution is 0.174. The van der Waals surface area contributed by atoms with E-state index < -0.39 is 0 Å². The van der Waals surface area contributed by atoms with Crippen LogP contribution in [0.3, 0.4) is 0 Å². The third-order valence-electron chi connectivity index (χ3n) is 3.05. The first kappa shape index (κ1) is 14.2. The van der Waals surface area contributed by atoms with Gasteiger partial charge in [-0.05, 0) is 51.8 Å². The van der Waals surface area contributed by atoms with E-state index in [-0.39, 0.29) is 6.79 Å². The van der Waals surface area contributed by atoms with Crippen molar-refractivity contribution >= 4 is 33.1 Å². The molecular weight excluding hydrogens is 354 g/mol. The Balaban J connectivity index is 1.71. The first-order chi connectivity index (χ1) is 10.1. The van der Waals surface area contributed by atoms with E-state index in [0.29, 0.717) is 11.6 Å². The highest BCUT2D eigenvalue weighted by Crippen LogP contribution is 2.33. The lowest BCUT2D eigenvalue weighted by Crippen LogP contribution is -2.09. The molecule has 0 aromatic heterocycles. The predicted octanol–water partition coefficient (Wildman–Crippen LogP) is 3.39. The number of halogens is 1. The molecule has 108 valence electrons. The van der Waals surface area contributed by atoms with E-state index in [0.717, 1.165) is 32.8 Å². The molecule has 2 aromatic carbocycles. The van der Waals surface area contributed by atoms with Gasteiger partial charge in [-0.1, -0.05) is 18.3 Å². The van der Waals surface area contributed by atoms with Gasteiger partial charge >= 0.3 is 0 Å². The summed E-state index contributed by atoms with van der Waals surface area (Å²) in [5.41, 5.74) is 7.40. The third kappa shape index (κ3) is 3.11. The summed E-state index contributed by atoms with van der Waals surface area (Å²) < 4.78 is 17.2. The van der Waals surface area contributed by atoms with E-state index in [9.17, 15) is 0 Å². The number of nitrogens with two attached hydrogens (primary N) is 1. The van der Waals surface area contributed by atoms with E-state index in [1.54, 1.807) is 0 Å². The zero-order valence-electron chi connectivity index (χ0n) is 11.0. The molecule has 0 atom stereocenters. The summed E-state index contributed by atoms with van der Waals surface area (Å²) in [5.74, 6) is 2.24. The van der Waals surface area contributed by atoms with Gasteiger partial charge in [-0.3, -0.25) is 0 Å². The van der Waals surface area contributed by atoms with Crippen LogP contribution in [0.5, 0.6) is 17.2 Å². The Kier molecular flexibility index (Phi) is 3.98. The van der Waals surface area contributed by atoms with Gasteiger partial charge in [-0.2, -0.15) is 0 Å². The molecule has 21 heavy (non-hydrogen) atoms. The summed E-state index contributed by atoms with van der Waals surface area (Å²) in [4.78, 5) is 0.359. The van der Waals surface area contributed by atoms with Crippen molar-refractivity contribution in [2.24, 2.45) is 5.73 Å². The van der Waals surface area contributed by atoms with Crippen molar-refractivity contribution < 1.29 is 14.2 Å². The highest BCUT2D eigenvalue weighted by molar-refractivity contribution is 9.10. The molecule has 0 unspecified atom stereocenters. The lowest BCUT2D eigenvalue weighted by Gasteiger charge is -2.10. The Morgan fingerprint density at radius 2 is 2.00 bits per heavy atom. The minimum Gasteiger partial charge on any atom is -0.488 e. The summed E-state index contributed by atoms with van der Waals surface area (Å²) in [6, 6.07) is 11.3. The SMILES string of the molecule is NC(=S)c1ccc(OCc2ccc3c(c2)OCO3)c(Br)c1. The first-order valence-corrected chi connectivity index (χ1v) is 7.44. The monoisotopic (exact) mass is 365 g/mol. The zero-order valence-corrected chi connectivity index (χ0v) is 13.4. The summed E-state index contributed by atoms with van der Waals surface area (Å²) in [6.07, 6.45) is 0. The second-order valence-electron chi connectivity index (χ2n) is 4.49. The molecule has 6 heteroatoms. The number of hydrogen-bond acceptors (Lipinski definition) is 4. The average molecular weight is 366 g/mol. The van der Waals surface area contributed by atoms with Gasteiger partial charge in [-0.15, -0.1) is 0 Å². The van der Waals surface area contributed by atoms with Crippen molar-refractivity contribution in [1.82, 2.24) is 0 Å². The third-order valence-corrected chi connectivity index (χ3v) is 3.90. The van der Waals surface area contributed by atoms with E-state index in [1.165, 1.54) is 0 Å². The van der Waals surface area contributed by atoms with Gasteiger partial charge in [0.05, 0.1) is 4.47 Å². The molecule has 0 bridgehead atoms. The minimum atomic E-state index is 0.269. The van der Waals surface area contributed by atoms with Crippen LogP contribution in [0, 0.1) is 0 Å². The second kappa shape index (κ2) is 5.91. The van der Waals surface area contributed by atoms with Crippen LogP contribution in [0.2, 0.25) is 0 Å². The van der Waals surface area contributed by atoms with Crippen molar-refractivity contribution in [3.8, 4) is 17.2 Å². The van der Waals surface area contributed by atoms with Gasteiger partial charge in [0, 0.05) is 5.56 Å². The molecule has 0 radical (unpaired) electrons. The van der Waals surface area contributed by atoms with Crippen LogP contribution >= 0.6 is 28.1 Å². The molecule has 4 nitrogen and oxygen atoms in total. The van der Waals surface area contributed by atoms with Gasteiger partial charge in [0.15, 0.2) is 11.5 Å². The summed E-state index contributed by atoms with van der Waals surface area (Å²) in [7, 11) is 0. The Bertz CT molecular complexity index is 705. The first-order valence-electron chi connectivity index (χ1n) is 6.24. The zero-order chi connectivity index (χ0) is 14.8. The van der Waals surface area contributed by atoms with Gasteiger partial charge in [0.2, 0.25) is 6.79 Å². The summed E-state index contributed by atoms with van der Waals surface area (Å²) in [5, 5.41) is 0. The lowest BCUT2D eigenvalue weighted by atomic mass is 10.2. The summed E-state index contributed by atoms with van der Waals surface area (Å²) in [6.45, 7) is 0.702. The van der Waals surface area contributed by atoms with E-state index >= 15 is 0 Å². The number of ether oxygens (including phenoxy) is 3. The predicted molar refractivity (Wildman–Crippen MR) is 86.9 cm³/mol. The second-order valence-corrected chi connectivity index (χ2v) is 5.78. The van der Waals surface area contributed by atoms with Gasteiger partial charge in [0.1, 0.15) is 17.3 Å². The molecule has 0 amide bonds. The Morgan fingerprint density at radius 3 is 2.76 bits per heavy atom. The quantitative estimate of drug-likeness (QED) is 0.841. The van der Waals surface area contributed by atoms with Crippen molar-refractivity contribution in [3.05, 3.63) is 52.0 Å². The fourth-order valence-corrected chi connectivity index (χ4v) is 2.58. The van der Waals surface area contributed by atoms with Gasteiger partial charge < -0.3 is 19.9 Å². The Hall–Kier alpha value is -1.79. The molecule has 0 aliphatic carbocycles. The van der Waals surface area contributed by atoms with Crippen LogP contribution in [0.15, 0.2) is 40.9 Å². The maximum absolute atomic E-state index is 5.79. The van der Waals surface area contributed by atoms with Crippen LogP contribution in [-0.4, -0.2) is 11.8 Å². The van der Waals surface area contributed by atoms with Crippen LogP contribution < -0.4 is 19.9 Å². The Morgan fingerprint density at radius 1 is 1.19 bits per heavy atom. The molecule has 2 aromatic rings. The standard InChI is InChI=1S/C15H12BrNO3S/c16-11-6-10(15(17)21)2-4-12(11)18-7-9-1-3-13-14(5-9)20-8-19-13/h1-6H,7-8H2,(H2,17,21). The fourth-order valence-electron chi connectivity index (χ4n) is 1.96. The molecule has 0 saturated carbocycles. The van der Waals surface area contributed by atoms with Crippen molar-refractivity contribution in [2.45, 2.75) is 6.61 Å². The molecule has 1 aliphatic heterocycles. The van der Waals surface area contributed by atoms with Crippen molar-refractivity contribution in [1.29, 1.82) is 0 Å². The highest BCUT2D eigenvalue weighted by atomic mass is 79.9. The number of rotatable bonds is 4. The normalized spacial score (nSPS) is 12.2.